The van der Waals surface area contributed by atoms with Crippen LogP contribution in [0.5, 0.6) is 0 Å². The zero-order valence-corrected chi connectivity index (χ0v) is 14.1. The molecule has 0 amide bonds. The smallest absolute Gasteiger partial charge is 0.166 e. The number of hydrogen-bond donors (Lipinski definition) is 0. The number of halogens is 7. The van der Waals surface area contributed by atoms with Crippen LogP contribution in [-0.2, 0) is 11.5 Å². The molecule has 2 aromatic rings. The zero-order chi connectivity index (χ0) is 15.8. The quantitative estimate of drug-likeness (QED) is 0.357. The highest BCUT2D eigenvalue weighted by Gasteiger charge is 2.34. The molecule has 0 atom stereocenters. The summed E-state index contributed by atoms with van der Waals surface area (Å²) in [6.45, 7) is 0. The van der Waals surface area contributed by atoms with Gasteiger partial charge in [0.15, 0.2) is 0 Å². The molecule has 0 fully saturated rings. The van der Waals surface area contributed by atoms with Gasteiger partial charge >= 0.3 is 6.18 Å². The van der Waals surface area contributed by atoms with E-state index in [2.05, 4.69) is 15.9 Å². The molecule has 0 spiro atoms. The lowest BCUT2D eigenvalue weighted by atomic mass is 9.97. The fourth-order valence-electron chi connectivity index (χ4n) is 1.87. The van der Waals surface area contributed by atoms with Crippen molar-refractivity contribution >= 4 is 50.7 Å². The Morgan fingerprint density at radius 2 is 1.48 bits per heavy atom. The third-order valence-corrected chi connectivity index (χ3v) is 4.53. The summed E-state index contributed by atoms with van der Waals surface area (Å²) in [6.07, 6.45) is -4.50. The van der Waals surface area contributed by atoms with Crippen molar-refractivity contribution < 1.29 is 13.2 Å². The van der Waals surface area contributed by atoms with Crippen LogP contribution in [-0.4, -0.2) is 0 Å². The van der Waals surface area contributed by atoms with Crippen LogP contribution in [0.4, 0.5) is 13.2 Å². The van der Waals surface area contributed by atoms with Gasteiger partial charge in [-0.15, -0.1) is 0 Å². The van der Waals surface area contributed by atoms with Crippen molar-refractivity contribution in [2.75, 3.05) is 0 Å². The molecule has 21 heavy (non-hydrogen) atoms. The summed E-state index contributed by atoms with van der Waals surface area (Å²) < 4.78 is 39.7. The summed E-state index contributed by atoms with van der Waals surface area (Å²) in [5.41, 5.74) is -0.0859. The molecule has 112 valence electrons. The van der Waals surface area contributed by atoms with E-state index in [1.807, 2.05) is 0 Å². The van der Waals surface area contributed by atoms with Gasteiger partial charge < -0.3 is 0 Å². The topological polar surface area (TPSA) is 0 Å². The van der Waals surface area contributed by atoms with Gasteiger partial charge in [0.25, 0.3) is 0 Å². The van der Waals surface area contributed by atoms with Crippen molar-refractivity contribution in [1.82, 2.24) is 0 Å². The first-order valence-electron chi connectivity index (χ1n) is 5.65. The van der Waals surface area contributed by atoms with E-state index in [9.17, 15) is 13.2 Å². The fraction of sp³-hybridized carbons (Fsp3) is 0.143. The van der Waals surface area contributed by atoms with E-state index in [1.54, 1.807) is 6.07 Å². The maximum absolute atomic E-state index is 13.2. The average molecular weight is 418 g/mol. The van der Waals surface area contributed by atoms with E-state index < -0.39 is 11.7 Å². The van der Waals surface area contributed by atoms with E-state index in [0.29, 0.717) is 10.9 Å². The molecule has 0 aromatic heterocycles. The molecule has 0 heterocycles. The lowest BCUT2D eigenvalue weighted by Gasteiger charge is -2.16. The van der Waals surface area contributed by atoms with Gasteiger partial charge in [0, 0.05) is 15.9 Å². The van der Waals surface area contributed by atoms with E-state index in [0.717, 1.165) is 6.07 Å². The Morgan fingerprint density at radius 1 is 0.857 bits per heavy atom. The van der Waals surface area contributed by atoms with Crippen LogP contribution < -0.4 is 0 Å². The summed E-state index contributed by atoms with van der Waals surface area (Å²) in [5, 5.41) is 0.775. The standard InChI is InChI=1S/C14H7BrCl3F3/c15-6-7-1-2-8(10(3-7)14(19,20)21)9-4-12(17)13(18)5-11(9)16/h1-5H,6H2. The zero-order valence-electron chi connectivity index (χ0n) is 10.2. The first kappa shape index (κ1) is 16.9. The SMILES string of the molecule is FC(F)(F)c1cc(CBr)ccc1-c1cc(Cl)c(Cl)cc1Cl. The molecule has 0 saturated heterocycles. The predicted molar refractivity (Wildman–Crippen MR) is 84.5 cm³/mol. The van der Waals surface area contributed by atoms with Crippen LogP contribution in [0.1, 0.15) is 11.1 Å². The van der Waals surface area contributed by atoms with Crippen molar-refractivity contribution in [3.63, 3.8) is 0 Å². The highest BCUT2D eigenvalue weighted by Crippen LogP contribution is 2.42. The lowest BCUT2D eigenvalue weighted by Crippen LogP contribution is -2.08. The van der Waals surface area contributed by atoms with E-state index in [1.165, 1.54) is 18.2 Å². The van der Waals surface area contributed by atoms with Gasteiger partial charge in [0.1, 0.15) is 0 Å². The van der Waals surface area contributed by atoms with Crippen molar-refractivity contribution in [3.8, 4) is 11.1 Å². The Bertz CT molecular complexity index is 684. The van der Waals surface area contributed by atoms with E-state index >= 15 is 0 Å². The van der Waals surface area contributed by atoms with Gasteiger partial charge in [-0.05, 0) is 29.3 Å². The van der Waals surface area contributed by atoms with Crippen molar-refractivity contribution in [2.24, 2.45) is 0 Å². The monoisotopic (exact) mass is 416 g/mol. The Kier molecular flexibility index (Phi) is 5.14. The highest BCUT2D eigenvalue weighted by atomic mass is 79.9. The molecule has 0 unspecified atom stereocenters. The number of hydrogen-bond acceptors (Lipinski definition) is 0. The Labute approximate surface area is 142 Å². The van der Waals surface area contributed by atoms with Crippen LogP contribution in [0.2, 0.25) is 15.1 Å². The van der Waals surface area contributed by atoms with E-state index in [-0.39, 0.29) is 26.2 Å². The summed E-state index contributed by atoms with van der Waals surface area (Å²) in [5.74, 6) is 0. The molecule has 7 heteroatoms. The number of rotatable bonds is 2. The molecule has 2 rings (SSSR count). The molecular weight excluding hydrogens is 411 g/mol. The molecular formula is C14H7BrCl3F3. The molecule has 0 bridgehead atoms. The van der Waals surface area contributed by atoms with Crippen LogP contribution in [0.25, 0.3) is 11.1 Å². The molecule has 0 aliphatic heterocycles. The van der Waals surface area contributed by atoms with Crippen LogP contribution in [0, 0.1) is 0 Å². The van der Waals surface area contributed by atoms with Gasteiger partial charge in [-0.25, -0.2) is 0 Å². The molecule has 0 nitrogen and oxygen atoms in total. The Hall–Kier alpha value is -0.420. The molecule has 0 aliphatic rings. The highest BCUT2D eigenvalue weighted by molar-refractivity contribution is 9.08. The maximum Gasteiger partial charge on any atom is 0.417 e. The van der Waals surface area contributed by atoms with Gasteiger partial charge in [0.05, 0.1) is 15.6 Å². The van der Waals surface area contributed by atoms with Crippen molar-refractivity contribution in [3.05, 3.63) is 56.5 Å². The van der Waals surface area contributed by atoms with Crippen LogP contribution in [0.3, 0.4) is 0 Å². The van der Waals surface area contributed by atoms with Crippen LogP contribution >= 0.6 is 50.7 Å². The third-order valence-electron chi connectivity index (χ3n) is 2.84. The second kappa shape index (κ2) is 6.37. The van der Waals surface area contributed by atoms with E-state index in [4.69, 9.17) is 34.8 Å². The second-order valence-corrected chi connectivity index (χ2v) is 6.04. The average Bonchev–Trinajstić information content (AvgIpc) is 2.41. The second-order valence-electron chi connectivity index (χ2n) is 4.26. The van der Waals surface area contributed by atoms with Crippen molar-refractivity contribution in [2.45, 2.75) is 11.5 Å². The molecule has 0 aliphatic carbocycles. The third kappa shape index (κ3) is 3.67. The number of alkyl halides is 4. The van der Waals surface area contributed by atoms with Gasteiger partial charge in [0.2, 0.25) is 0 Å². The minimum atomic E-state index is -4.50. The fourth-order valence-corrected chi connectivity index (χ4v) is 2.87. The molecule has 2 aromatic carbocycles. The van der Waals surface area contributed by atoms with Gasteiger partial charge in [-0.3, -0.25) is 0 Å². The lowest BCUT2D eigenvalue weighted by molar-refractivity contribution is -0.137. The molecule has 0 saturated carbocycles. The molecule has 0 N–H and O–H groups in total. The number of benzene rings is 2. The largest absolute Gasteiger partial charge is 0.417 e. The summed E-state index contributed by atoms with van der Waals surface area (Å²) in [4.78, 5) is 0. The Morgan fingerprint density at radius 3 is 2.05 bits per heavy atom. The first-order valence-corrected chi connectivity index (χ1v) is 7.90. The predicted octanol–water partition coefficient (Wildman–Crippen LogP) is 7.23. The summed E-state index contributed by atoms with van der Waals surface area (Å²) >= 11 is 20.8. The maximum atomic E-state index is 13.2. The summed E-state index contributed by atoms with van der Waals surface area (Å²) in [7, 11) is 0. The normalized spacial score (nSPS) is 11.8. The molecule has 0 radical (unpaired) electrons. The van der Waals surface area contributed by atoms with Gasteiger partial charge in [-0.1, -0.05) is 62.9 Å². The summed E-state index contributed by atoms with van der Waals surface area (Å²) in [6, 6.07) is 6.73. The van der Waals surface area contributed by atoms with Crippen LogP contribution in [0.15, 0.2) is 30.3 Å². The van der Waals surface area contributed by atoms with Crippen molar-refractivity contribution in [1.29, 1.82) is 0 Å². The van der Waals surface area contributed by atoms with Gasteiger partial charge in [-0.2, -0.15) is 13.2 Å². The minimum Gasteiger partial charge on any atom is -0.166 e. The first-order chi connectivity index (χ1) is 9.74. The Balaban J connectivity index is 2.72. The minimum absolute atomic E-state index is 0.0317.